The van der Waals surface area contributed by atoms with Crippen LogP contribution in [-0.4, -0.2) is 30.1 Å². The van der Waals surface area contributed by atoms with Crippen molar-refractivity contribution in [2.24, 2.45) is 5.92 Å². The number of rotatable bonds is 1. The average Bonchev–Trinajstić information content (AvgIpc) is 2.85. The van der Waals surface area contributed by atoms with E-state index in [0.29, 0.717) is 5.02 Å². The van der Waals surface area contributed by atoms with Crippen LogP contribution in [0.5, 0.6) is 0 Å². The zero-order valence-corrected chi connectivity index (χ0v) is 12.8. The van der Waals surface area contributed by atoms with Crippen LogP contribution in [0.1, 0.15) is 28.5 Å². The van der Waals surface area contributed by atoms with Crippen LogP contribution in [0.25, 0.3) is 10.9 Å². The molecule has 2 atom stereocenters. The number of carbonyl (C=O) groups is 2. The maximum absolute atomic E-state index is 12.6. The molecule has 2 aliphatic heterocycles. The van der Waals surface area contributed by atoms with Crippen molar-refractivity contribution in [3.63, 3.8) is 0 Å². The molecule has 1 N–H and O–H groups in total. The van der Waals surface area contributed by atoms with E-state index in [0.717, 1.165) is 35.1 Å². The second-order valence-electron chi connectivity index (χ2n) is 5.77. The fraction of sp³-hybridized carbons (Fsp3) is 0.375. The van der Waals surface area contributed by atoms with Crippen LogP contribution in [0.3, 0.4) is 0 Å². The molecular weight excluding hydrogens is 304 g/mol. The van der Waals surface area contributed by atoms with Gasteiger partial charge in [0.1, 0.15) is 0 Å². The summed E-state index contributed by atoms with van der Waals surface area (Å²) >= 11 is 6.12. The molecule has 114 valence electrons. The molecule has 2 aliphatic rings. The number of halogens is 1. The quantitative estimate of drug-likeness (QED) is 0.820. The molecule has 0 aliphatic carbocycles. The fourth-order valence-electron chi connectivity index (χ4n) is 3.76. The molecule has 22 heavy (non-hydrogen) atoms. The Labute approximate surface area is 132 Å². The van der Waals surface area contributed by atoms with Crippen LogP contribution in [0.15, 0.2) is 18.2 Å². The highest BCUT2D eigenvalue weighted by Gasteiger charge is 2.43. The van der Waals surface area contributed by atoms with Gasteiger partial charge in [0.25, 0.3) is 0 Å². The van der Waals surface area contributed by atoms with Crippen molar-refractivity contribution in [1.82, 2.24) is 9.88 Å². The number of nitrogens with zero attached hydrogens (tertiary/aromatic N) is 1. The van der Waals surface area contributed by atoms with Gasteiger partial charge >= 0.3 is 5.97 Å². The minimum absolute atomic E-state index is 0.0658. The number of fused-ring (bicyclic) bond motifs is 3. The number of esters is 1. The van der Waals surface area contributed by atoms with Gasteiger partial charge in [-0.3, -0.25) is 14.2 Å². The molecule has 0 amide bonds. The second-order valence-corrected chi connectivity index (χ2v) is 6.21. The predicted octanol–water partition coefficient (Wildman–Crippen LogP) is 2.31. The maximum atomic E-state index is 12.6. The Morgan fingerprint density at radius 3 is 3.05 bits per heavy atom. The van der Waals surface area contributed by atoms with Crippen LogP contribution < -0.4 is 5.32 Å². The van der Waals surface area contributed by atoms with Gasteiger partial charge in [-0.05, 0) is 36.7 Å². The number of methoxy groups -OCH3 is 1. The van der Waals surface area contributed by atoms with E-state index in [2.05, 4.69) is 5.32 Å². The van der Waals surface area contributed by atoms with Crippen molar-refractivity contribution >= 4 is 34.4 Å². The number of aromatic nitrogens is 1. The van der Waals surface area contributed by atoms with E-state index in [1.807, 2.05) is 12.1 Å². The van der Waals surface area contributed by atoms with E-state index >= 15 is 0 Å². The van der Waals surface area contributed by atoms with E-state index in [4.69, 9.17) is 16.3 Å². The van der Waals surface area contributed by atoms with E-state index in [1.165, 1.54) is 7.11 Å². The van der Waals surface area contributed by atoms with E-state index in [-0.39, 0.29) is 24.3 Å². The monoisotopic (exact) mass is 318 g/mol. The van der Waals surface area contributed by atoms with Crippen molar-refractivity contribution in [3.8, 4) is 0 Å². The minimum atomic E-state index is -0.469. The Bertz CT molecular complexity index is 811. The van der Waals surface area contributed by atoms with Gasteiger partial charge in [-0.2, -0.15) is 0 Å². The lowest BCUT2D eigenvalue weighted by molar-refractivity contribution is -0.147. The topological polar surface area (TPSA) is 60.3 Å². The zero-order chi connectivity index (χ0) is 15.4. The van der Waals surface area contributed by atoms with Crippen molar-refractivity contribution in [3.05, 3.63) is 34.5 Å². The number of benzene rings is 1. The smallest absolute Gasteiger partial charge is 0.311 e. The van der Waals surface area contributed by atoms with Crippen molar-refractivity contribution < 1.29 is 14.3 Å². The SMILES string of the molecule is COC(=O)C1CC(=O)n2c3c(c4cc(Cl)ccc42)CCNC31. The predicted molar refractivity (Wildman–Crippen MR) is 82.1 cm³/mol. The third kappa shape index (κ3) is 1.76. The summed E-state index contributed by atoms with van der Waals surface area (Å²) in [4.78, 5) is 24.7. The molecule has 0 saturated heterocycles. The number of hydrogen-bond acceptors (Lipinski definition) is 4. The summed E-state index contributed by atoms with van der Waals surface area (Å²) in [5.41, 5.74) is 2.88. The average molecular weight is 319 g/mol. The molecule has 1 aromatic heterocycles. The van der Waals surface area contributed by atoms with Crippen molar-refractivity contribution in [1.29, 1.82) is 0 Å². The molecule has 3 heterocycles. The number of hydrogen-bond donors (Lipinski definition) is 1. The molecule has 1 aromatic carbocycles. The summed E-state index contributed by atoms with van der Waals surface area (Å²) in [5, 5.41) is 5.03. The summed E-state index contributed by atoms with van der Waals surface area (Å²) in [7, 11) is 1.36. The number of ether oxygens (including phenoxy) is 1. The molecule has 2 unspecified atom stereocenters. The van der Waals surface area contributed by atoms with Gasteiger partial charge in [-0.25, -0.2) is 0 Å². The highest BCUT2D eigenvalue weighted by molar-refractivity contribution is 6.31. The first-order chi connectivity index (χ1) is 10.6. The Kier molecular flexibility index (Phi) is 3.03. The third-order valence-electron chi connectivity index (χ3n) is 4.66. The minimum Gasteiger partial charge on any atom is -0.469 e. The molecule has 0 fully saturated rings. The lowest BCUT2D eigenvalue weighted by atomic mass is 9.85. The van der Waals surface area contributed by atoms with Crippen LogP contribution in [0.4, 0.5) is 0 Å². The van der Waals surface area contributed by atoms with Gasteiger partial charge in [-0.1, -0.05) is 11.6 Å². The van der Waals surface area contributed by atoms with E-state index in [9.17, 15) is 9.59 Å². The summed E-state index contributed by atoms with van der Waals surface area (Å²) in [5.74, 6) is -0.874. The lowest BCUT2D eigenvalue weighted by Gasteiger charge is -2.34. The largest absolute Gasteiger partial charge is 0.469 e. The summed E-state index contributed by atoms with van der Waals surface area (Å²) in [6.07, 6.45) is 0.972. The second kappa shape index (κ2) is 4.83. The summed E-state index contributed by atoms with van der Waals surface area (Å²) < 4.78 is 6.63. The van der Waals surface area contributed by atoms with Gasteiger partial charge in [0, 0.05) is 22.5 Å². The van der Waals surface area contributed by atoms with Crippen molar-refractivity contribution in [2.45, 2.75) is 18.9 Å². The Morgan fingerprint density at radius 1 is 1.45 bits per heavy atom. The highest BCUT2D eigenvalue weighted by atomic mass is 35.5. The van der Waals surface area contributed by atoms with Gasteiger partial charge in [0.2, 0.25) is 5.91 Å². The van der Waals surface area contributed by atoms with Crippen LogP contribution >= 0.6 is 11.6 Å². The molecule has 6 heteroatoms. The molecule has 4 rings (SSSR count). The molecular formula is C16H15ClN2O3. The van der Waals surface area contributed by atoms with E-state index < -0.39 is 5.92 Å². The van der Waals surface area contributed by atoms with Crippen LogP contribution in [-0.2, 0) is 16.0 Å². The normalized spacial score (nSPS) is 23.5. The summed E-state index contributed by atoms with van der Waals surface area (Å²) in [6.45, 7) is 0.769. The highest BCUT2D eigenvalue weighted by Crippen LogP contribution is 2.42. The summed E-state index contributed by atoms with van der Waals surface area (Å²) in [6, 6.07) is 5.39. The lowest BCUT2D eigenvalue weighted by Crippen LogP contribution is -2.44. The van der Waals surface area contributed by atoms with Gasteiger partial charge < -0.3 is 10.1 Å². The Hall–Kier alpha value is -1.85. The molecule has 0 radical (unpaired) electrons. The first kappa shape index (κ1) is 13.8. The molecule has 0 spiro atoms. The number of nitrogens with one attached hydrogen (secondary N) is 1. The van der Waals surface area contributed by atoms with Gasteiger partial charge in [0.05, 0.1) is 24.6 Å². The zero-order valence-electron chi connectivity index (χ0n) is 12.1. The maximum Gasteiger partial charge on any atom is 0.311 e. The Balaban J connectivity index is 2.00. The van der Waals surface area contributed by atoms with Crippen LogP contribution in [0.2, 0.25) is 5.02 Å². The van der Waals surface area contributed by atoms with Crippen molar-refractivity contribution in [2.75, 3.05) is 13.7 Å². The molecule has 5 nitrogen and oxygen atoms in total. The number of carbonyl (C=O) groups excluding carboxylic acids is 2. The van der Waals surface area contributed by atoms with E-state index in [1.54, 1.807) is 10.6 Å². The van der Waals surface area contributed by atoms with Gasteiger partial charge in [0.15, 0.2) is 0 Å². The van der Waals surface area contributed by atoms with Crippen LogP contribution in [0, 0.1) is 5.92 Å². The first-order valence-corrected chi connectivity index (χ1v) is 7.66. The molecule has 2 aromatic rings. The third-order valence-corrected chi connectivity index (χ3v) is 4.89. The Morgan fingerprint density at radius 2 is 2.27 bits per heavy atom. The molecule has 0 bridgehead atoms. The standard InChI is InChI=1S/C16H15ClN2O3/c1-22-16(21)11-7-13(20)19-12-3-2-8(17)6-10(12)9-4-5-18-14(11)15(9)19/h2-3,6,11,14,18H,4-5,7H2,1H3. The fourth-order valence-corrected chi connectivity index (χ4v) is 3.93. The van der Waals surface area contributed by atoms with Gasteiger partial charge in [-0.15, -0.1) is 0 Å². The molecule has 0 saturated carbocycles. The first-order valence-electron chi connectivity index (χ1n) is 7.29.